The smallest absolute Gasteiger partial charge is 0.240 e. The van der Waals surface area contributed by atoms with Gasteiger partial charge in [-0.05, 0) is 31.3 Å². The van der Waals surface area contributed by atoms with Gasteiger partial charge in [0.2, 0.25) is 11.8 Å². The van der Waals surface area contributed by atoms with Gasteiger partial charge in [0.1, 0.15) is 6.04 Å². The topological polar surface area (TPSA) is 89.4 Å². The van der Waals surface area contributed by atoms with Crippen molar-refractivity contribution < 1.29 is 9.59 Å². The third-order valence-corrected chi connectivity index (χ3v) is 3.46. The second-order valence-electron chi connectivity index (χ2n) is 3.98. The molecule has 92 valence electrons. The van der Waals surface area contributed by atoms with Gasteiger partial charge >= 0.3 is 0 Å². The fourth-order valence-electron chi connectivity index (χ4n) is 1.91. The molecule has 1 rings (SSSR count). The van der Waals surface area contributed by atoms with Crippen molar-refractivity contribution in [3.63, 3.8) is 0 Å². The molecular weight excluding hydrogens is 226 g/mol. The molecule has 1 aliphatic heterocycles. The van der Waals surface area contributed by atoms with Crippen molar-refractivity contribution in [2.75, 3.05) is 18.6 Å². The van der Waals surface area contributed by atoms with Crippen LogP contribution < -0.4 is 11.5 Å². The van der Waals surface area contributed by atoms with Gasteiger partial charge in [0, 0.05) is 6.54 Å². The summed E-state index contributed by atoms with van der Waals surface area (Å²) in [7, 11) is 0. The Labute approximate surface area is 99.9 Å². The molecule has 6 heteroatoms. The average molecular weight is 245 g/mol. The lowest BCUT2D eigenvalue weighted by molar-refractivity contribution is -0.138. The predicted octanol–water partition coefficient (Wildman–Crippen LogP) is -0.457. The maximum atomic E-state index is 11.9. The number of hydrogen-bond acceptors (Lipinski definition) is 4. The van der Waals surface area contributed by atoms with Crippen LogP contribution in [0.25, 0.3) is 0 Å². The number of thioether (sulfide) groups is 1. The van der Waals surface area contributed by atoms with E-state index in [2.05, 4.69) is 0 Å². The zero-order valence-corrected chi connectivity index (χ0v) is 10.3. The number of likely N-dealkylation sites (tertiary alicyclic amines) is 1. The summed E-state index contributed by atoms with van der Waals surface area (Å²) in [6.07, 6.45) is 4.10. The third-order valence-electron chi connectivity index (χ3n) is 2.81. The van der Waals surface area contributed by atoms with Crippen molar-refractivity contribution in [2.45, 2.75) is 31.3 Å². The van der Waals surface area contributed by atoms with Crippen molar-refractivity contribution in [3.8, 4) is 0 Å². The molecule has 5 nitrogen and oxygen atoms in total. The number of hydrogen-bond donors (Lipinski definition) is 2. The highest BCUT2D eigenvalue weighted by atomic mass is 32.2. The third kappa shape index (κ3) is 3.12. The molecule has 0 aromatic heterocycles. The van der Waals surface area contributed by atoms with Gasteiger partial charge in [-0.1, -0.05) is 0 Å². The molecule has 1 heterocycles. The first-order chi connectivity index (χ1) is 7.57. The maximum Gasteiger partial charge on any atom is 0.240 e. The van der Waals surface area contributed by atoms with Crippen LogP contribution in [0, 0.1) is 0 Å². The Balaban J connectivity index is 2.55. The van der Waals surface area contributed by atoms with E-state index >= 15 is 0 Å². The van der Waals surface area contributed by atoms with E-state index in [4.69, 9.17) is 11.5 Å². The Morgan fingerprint density at radius 1 is 1.56 bits per heavy atom. The number of carbonyl (C=O) groups is 2. The fraction of sp³-hybridized carbons (Fsp3) is 0.800. The summed E-state index contributed by atoms with van der Waals surface area (Å²) < 4.78 is 0. The first-order valence-corrected chi connectivity index (χ1v) is 6.81. The van der Waals surface area contributed by atoms with Gasteiger partial charge in [-0.2, -0.15) is 11.8 Å². The van der Waals surface area contributed by atoms with Gasteiger partial charge < -0.3 is 16.4 Å². The lowest BCUT2D eigenvalue weighted by Gasteiger charge is -2.25. The Hall–Kier alpha value is -0.750. The molecule has 16 heavy (non-hydrogen) atoms. The van der Waals surface area contributed by atoms with E-state index in [0.717, 1.165) is 12.2 Å². The van der Waals surface area contributed by atoms with Gasteiger partial charge in [-0.25, -0.2) is 0 Å². The molecule has 1 aliphatic rings. The largest absolute Gasteiger partial charge is 0.368 e. The summed E-state index contributed by atoms with van der Waals surface area (Å²) in [4.78, 5) is 24.6. The minimum absolute atomic E-state index is 0.143. The van der Waals surface area contributed by atoms with Gasteiger partial charge in [-0.3, -0.25) is 9.59 Å². The lowest BCUT2D eigenvalue weighted by Crippen LogP contribution is -2.50. The molecule has 0 aliphatic carbocycles. The van der Waals surface area contributed by atoms with Crippen LogP contribution in [0.1, 0.15) is 19.3 Å². The number of rotatable bonds is 5. The molecule has 2 atom stereocenters. The summed E-state index contributed by atoms with van der Waals surface area (Å²) in [5, 5.41) is 0. The van der Waals surface area contributed by atoms with Crippen molar-refractivity contribution in [1.29, 1.82) is 0 Å². The van der Waals surface area contributed by atoms with Crippen LogP contribution in [-0.4, -0.2) is 47.4 Å². The zero-order chi connectivity index (χ0) is 12.1. The van der Waals surface area contributed by atoms with E-state index in [-0.39, 0.29) is 5.91 Å². The molecule has 1 unspecified atom stereocenters. The molecule has 2 amide bonds. The Bertz CT molecular complexity index is 273. The van der Waals surface area contributed by atoms with Crippen LogP contribution in [0.5, 0.6) is 0 Å². The second kappa shape index (κ2) is 6.10. The average Bonchev–Trinajstić information content (AvgIpc) is 2.73. The molecule has 0 spiro atoms. The van der Waals surface area contributed by atoms with Gasteiger partial charge in [0.05, 0.1) is 6.04 Å². The molecular formula is C10H19N3O2S. The highest BCUT2D eigenvalue weighted by Crippen LogP contribution is 2.18. The van der Waals surface area contributed by atoms with Crippen LogP contribution in [0.3, 0.4) is 0 Å². The second-order valence-corrected chi connectivity index (χ2v) is 4.97. The minimum Gasteiger partial charge on any atom is -0.368 e. The van der Waals surface area contributed by atoms with Gasteiger partial charge in [0.25, 0.3) is 0 Å². The predicted molar refractivity (Wildman–Crippen MR) is 64.9 cm³/mol. The van der Waals surface area contributed by atoms with E-state index in [0.29, 0.717) is 19.4 Å². The summed E-state index contributed by atoms with van der Waals surface area (Å²) in [5.41, 5.74) is 11.0. The Morgan fingerprint density at radius 3 is 2.81 bits per heavy atom. The van der Waals surface area contributed by atoms with Crippen LogP contribution in [0.15, 0.2) is 0 Å². The normalized spacial score (nSPS) is 22.1. The highest BCUT2D eigenvalue weighted by Gasteiger charge is 2.34. The van der Waals surface area contributed by atoms with E-state index in [1.807, 2.05) is 6.26 Å². The van der Waals surface area contributed by atoms with Crippen LogP contribution in [-0.2, 0) is 9.59 Å². The van der Waals surface area contributed by atoms with Crippen molar-refractivity contribution in [2.24, 2.45) is 11.5 Å². The number of amides is 2. The van der Waals surface area contributed by atoms with Crippen LogP contribution >= 0.6 is 11.8 Å². The Morgan fingerprint density at radius 2 is 2.25 bits per heavy atom. The monoisotopic (exact) mass is 245 g/mol. The Kier molecular flexibility index (Phi) is 5.08. The molecule has 0 aromatic carbocycles. The molecule has 0 aromatic rings. The SMILES string of the molecule is CSCC[C@H](N)C(=O)N1CCCC1C(N)=O. The van der Waals surface area contributed by atoms with Gasteiger partial charge in [-0.15, -0.1) is 0 Å². The first-order valence-electron chi connectivity index (χ1n) is 5.42. The lowest BCUT2D eigenvalue weighted by atomic mass is 10.1. The molecule has 1 fully saturated rings. The summed E-state index contributed by atoms with van der Waals surface area (Å²) in [5.74, 6) is 0.278. The van der Waals surface area contributed by atoms with E-state index < -0.39 is 18.0 Å². The number of primary amides is 1. The zero-order valence-electron chi connectivity index (χ0n) is 9.52. The van der Waals surface area contributed by atoms with Crippen LogP contribution in [0.2, 0.25) is 0 Å². The standard InChI is InChI=1S/C10H19N3O2S/c1-16-6-4-7(11)10(15)13-5-2-3-8(13)9(12)14/h7-8H,2-6,11H2,1H3,(H2,12,14)/t7-,8?/m0/s1. The molecule has 0 saturated carbocycles. The quantitative estimate of drug-likeness (QED) is 0.686. The van der Waals surface area contributed by atoms with Crippen molar-refractivity contribution in [1.82, 2.24) is 4.90 Å². The van der Waals surface area contributed by atoms with Crippen molar-refractivity contribution in [3.05, 3.63) is 0 Å². The van der Waals surface area contributed by atoms with Crippen molar-refractivity contribution >= 4 is 23.6 Å². The highest BCUT2D eigenvalue weighted by molar-refractivity contribution is 7.98. The number of carbonyl (C=O) groups excluding carboxylic acids is 2. The molecule has 4 N–H and O–H groups in total. The summed E-state index contributed by atoms with van der Waals surface area (Å²) in [6, 6.07) is -0.958. The van der Waals surface area contributed by atoms with Crippen LogP contribution in [0.4, 0.5) is 0 Å². The van der Waals surface area contributed by atoms with E-state index in [9.17, 15) is 9.59 Å². The molecule has 0 radical (unpaired) electrons. The number of nitrogens with zero attached hydrogens (tertiary/aromatic N) is 1. The number of nitrogens with two attached hydrogens (primary N) is 2. The van der Waals surface area contributed by atoms with E-state index in [1.54, 1.807) is 11.8 Å². The fourth-order valence-corrected chi connectivity index (χ4v) is 2.40. The molecule has 0 bridgehead atoms. The first kappa shape index (κ1) is 13.3. The maximum absolute atomic E-state index is 11.9. The minimum atomic E-state index is -0.507. The summed E-state index contributed by atoms with van der Waals surface area (Å²) in [6.45, 7) is 0.597. The molecule has 1 saturated heterocycles. The van der Waals surface area contributed by atoms with Gasteiger partial charge in [0.15, 0.2) is 0 Å². The van der Waals surface area contributed by atoms with E-state index in [1.165, 1.54) is 4.90 Å². The summed E-state index contributed by atoms with van der Waals surface area (Å²) >= 11 is 1.65.